The van der Waals surface area contributed by atoms with E-state index >= 15 is 0 Å². The summed E-state index contributed by atoms with van der Waals surface area (Å²) in [7, 11) is 0. The summed E-state index contributed by atoms with van der Waals surface area (Å²) in [5.74, 6) is 0. The van der Waals surface area contributed by atoms with Crippen LogP contribution < -0.4 is 0 Å². The van der Waals surface area contributed by atoms with E-state index in [0.717, 1.165) is 35.4 Å². The molecule has 80 valence electrons. The van der Waals surface area contributed by atoms with Gasteiger partial charge in [-0.05, 0) is 44.9 Å². The number of hydrogen-bond acceptors (Lipinski definition) is 2. The molecule has 1 aromatic heterocycles. The molecule has 0 saturated carbocycles. The first-order valence-corrected chi connectivity index (χ1v) is 6.37. The first-order chi connectivity index (χ1) is 6.67. The van der Waals surface area contributed by atoms with Crippen LogP contribution in [-0.2, 0) is 6.54 Å². The quantitative estimate of drug-likeness (QED) is 0.830. The van der Waals surface area contributed by atoms with Crippen LogP contribution in [0, 0.1) is 0 Å². The van der Waals surface area contributed by atoms with Crippen LogP contribution in [0.1, 0.15) is 13.8 Å². The van der Waals surface area contributed by atoms with Crippen molar-refractivity contribution in [3.8, 4) is 0 Å². The lowest BCUT2D eigenvalue weighted by molar-refractivity contribution is 0.284. The van der Waals surface area contributed by atoms with Crippen molar-refractivity contribution in [2.75, 3.05) is 19.6 Å². The maximum atomic E-state index is 4.31. The molecule has 0 bridgehead atoms. The molecule has 0 aliphatic rings. The van der Waals surface area contributed by atoms with Crippen LogP contribution in [0.15, 0.2) is 15.3 Å². The van der Waals surface area contributed by atoms with E-state index in [1.54, 1.807) is 0 Å². The number of halogens is 2. The van der Waals surface area contributed by atoms with Crippen molar-refractivity contribution in [3.63, 3.8) is 0 Å². The van der Waals surface area contributed by atoms with Gasteiger partial charge in [-0.3, -0.25) is 4.68 Å². The summed E-state index contributed by atoms with van der Waals surface area (Å²) in [6.45, 7) is 8.51. The first-order valence-electron chi connectivity index (χ1n) is 4.78. The summed E-state index contributed by atoms with van der Waals surface area (Å²) < 4.78 is 3.86. The molecule has 0 aliphatic carbocycles. The Morgan fingerprint density at radius 2 is 2.00 bits per heavy atom. The standard InChI is InChI=1S/C9H15Br2N3/c1-3-13(4-2)5-6-14-9(11)7-8(10)12-14/h7H,3-6H2,1-2H3. The zero-order chi connectivity index (χ0) is 10.6. The Kier molecular flexibility index (Phi) is 5.12. The van der Waals surface area contributed by atoms with Gasteiger partial charge >= 0.3 is 0 Å². The molecule has 14 heavy (non-hydrogen) atoms. The lowest BCUT2D eigenvalue weighted by Gasteiger charge is -2.17. The van der Waals surface area contributed by atoms with Crippen molar-refractivity contribution in [1.82, 2.24) is 14.7 Å². The summed E-state index contributed by atoms with van der Waals surface area (Å²) >= 11 is 6.81. The highest BCUT2D eigenvalue weighted by molar-refractivity contribution is 9.11. The van der Waals surface area contributed by atoms with Crippen LogP contribution >= 0.6 is 31.9 Å². The summed E-state index contributed by atoms with van der Waals surface area (Å²) in [6, 6.07) is 1.96. The zero-order valence-corrected chi connectivity index (χ0v) is 11.7. The molecule has 0 unspecified atom stereocenters. The normalized spacial score (nSPS) is 11.2. The zero-order valence-electron chi connectivity index (χ0n) is 8.50. The van der Waals surface area contributed by atoms with Gasteiger partial charge < -0.3 is 4.90 Å². The molecule has 1 rings (SSSR count). The molecule has 0 N–H and O–H groups in total. The number of rotatable bonds is 5. The van der Waals surface area contributed by atoms with Gasteiger partial charge in [0.05, 0.1) is 6.54 Å². The van der Waals surface area contributed by atoms with Gasteiger partial charge in [0.2, 0.25) is 0 Å². The lowest BCUT2D eigenvalue weighted by Crippen LogP contribution is -2.27. The minimum atomic E-state index is 0.879. The van der Waals surface area contributed by atoms with Crippen molar-refractivity contribution in [2.24, 2.45) is 0 Å². The Morgan fingerprint density at radius 3 is 2.43 bits per heavy atom. The predicted molar refractivity (Wildman–Crippen MR) is 65.4 cm³/mol. The number of aromatic nitrogens is 2. The molecule has 3 nitrogen and oxygen atoms in total. The highest BCUT2D eigenvalue weighted by atomic mass is 79.9. The average Bonchev–Trinajstić information content (AvgIpc) is 2.47. The smallest absolute Gasteiger partial charge is 0.129 e. The van der Waals surface area contributed by atoms with E-state index in [-0.39, 0.29) is 0 Å². The van der Waals surface area contributed by atoms with E-state index in [9.17, 15) is 0 Å². The third-order valence-electron chi connectivity index (χ3n) is 2.22. The van der Waals surface area contributed by atoms with Gasteiger partial charge in [0.15, 0.2) is 0 Å². The van der Waals surface area contributed by atoms with E-state index in [1.165, 1.54) is 0 Å². The van der Waals surface area contributed by atoms with Crippen molar-refractivity contribution in [2.45, 2.75) is 20.4 Å². The molecule has 1 heterocycles. The van der Waals surface area contributed by atoms with Crippen molar-refractivity contribution < 1.29 is 0 Å². The molecule has 5 heteroatoms. The molecular formula is C9H15Br2N3. The Bertz CT molecular complexity index is 282. The van der Waals surface area contributed by atoms with Gasteiger partial charge in [-0.1, -0.05) is 13.8 Å². The van der Waals surface area contributed by atoms with Gasteiger partial charge in [-0.15, -0.1) is 0 Å². The Morgan fingerprint density at radius 1 is 1.36 bits per heavy atom. The maximum absolute atomic E-state index is 4.31. The predicted octanol–water partition coefficient (Wildman–Crippen LogP) is 2.75. The average molecular weight is 325 g/mol. The molecule has 0 aliphatic heterocycles. The molecule has 0 aromatic carbocycles. The molecule has 0 spiro atoms. The van der Waals surface area contributed by atoms with E-state index < -0.39 is 0 Å². The van der Waals surface area contributed by atoms with Crippen LogP contribution in [0.4, 0.5) is 0 Å². The maximum Gasteiger partial charge on any atom is 0.129 e. The van der Waals surface area contributed by atoms with Crippen molar-refractivity contribution in [1.29, 1.82) is 0 Å². The minimum absolute atomic E-state index is 0.879. The van der Waals surface area contributed by atoms with Crippen LogP contribution in [0.3, 0.4) is 0 Å². The first kappa shape index (κ1) is 12.2. The molecular weight excluding hydrogens is 310 g/mol. The Balaban J connectivity index is 2.48. The van der Waals surface area contributed by atoms with E-state index in [1.807, 2.05) is 10.7 Å². The third-order valence-corrected chi connectivity index (χ3v) is 3.25. The fourth-order valence-corrected chi connectivity index (χ4v) is 2.49. The Labute approximate surface area is 102 Å². The molecule has 1 aromatic rings. The summed E-state index contributed by atoms with van der Waals surface area (Å²) in [4.78, 5) is 2.38. The van der Waals surface area contributed by atoms with Crippen LogP contribution in [0.25, 0.3) is 0 Å². The number of hydrogen-bond donors (Lipinski definition) is 0. The van der Waals surface area contributed by atoms with Gasteiger partial charge in [0.25, 0.3) is 0 Å². The summed E-state index contributed by atoms with van der Waals surface area (Å²) in [5.41, 5.74) is 0. The Hall–Kier alpha value is 0.130. The van der Waals surface area contributed by atoms with E-state index in [2.05, 4.69) is 55.7 Å². The van der Waals surface area contributed by atoms with Crippen LogP contribution in [0.2, 0.25) is 0 Å². The highest BCUT2D eigenvalue weighted by Gasteiger charge is 2.04. The monoisotopic (exact) mass is 323 g/mol. The highest BCUT2D eigenvalue weighted by Crippen LogP contribution is 2.15. The fraction of sp³-hybridized carbons (Fsp3) is 0.667. The second kappa shape index (κ2) is 5.88. The molecule has 0 atom stereocenters. The molecule has 0 saturated heterocycles. The SMILES string of the molecule is CCN(CC)CCn1nc(Br)cc1Br. The minimum Gasteiger partial charge on any atom is -0.302 e. The van der Waals surface area contributed by atoms with Crippen molar-refractivity contribution >= 4 is 31.9 Å². The third kappa shape index (κ3) is 3.37. The summed E-state index contributed by atoms with van der Waals surface area (Å²) in [6.07, 6.45) is 0. The molecule has 0 amide bonds. The fourth-order valence-electron chi connectivity index (χ4n) is 1.30. The van der Waals surface area contributed by atoms with Gasteiger partial charge in [0.1, 0.15) is 9.21 Å². The van der Waals surface area contributed by atoms with Crippen LogP contribution in [0.5, 0.6) is 0 Å². The van der Waals surface area contributed by atoms with E-state index in [4.69, 9.17) is 0 Å². The van der Waals surface area contributed by atoms with Crippen LogP contribution in [-0.4, -0.2) is 34.3 Å². The summed E-state index contributed by atoms with van der Waals surface area (Å²) in [5, 5.41) is 4.31. The van der Waals surface area contributed by atoms with Gasteiger partial charge in [-0.2, -0.15) is 5.10 Å². The van der Waals surface area contributed by atoms with Crippen molar-refractivity contribution in [3.05, 3.63) is 15.3 Å². The molecule has 0 radical (unpaired) electrons. The number of likely N-dealkylation sites (N-methyl/N-ethyl adjacent to an activating group) is 1. The largest absolute Gasteiger partial charge is 0.302 e. The topological polar surface area (TPSA) is 21.1 Å². The van der Waals surface area contributed by atoms with Gasteiger partial charge in [0, 0.05) is 12.6 Å². The lowest BCUT2D eigenvalue weighted by atomic mass is 10.5. The number of nitrogens with zero attached hydrogens (tertiary/aromatic N) is 3. The van der Waals surface area contributed by atoms with Gasteiger partial charge in [-0.25, -0.2) is 0 Å². The second-order valence-corrected chi connectivity index (χ2v) is 4.66. The van der Waals surface area contributed by atoms with E-state index in [0.29, 0.717) is 0 Å². The molecule has 0 fully saturated rings. The second-order valence-electron chi connectivity index (χ2n) is 3.04.